The van der Waals surface area contributed by atoms with Crippen LogP contribution in [0.2, 0.25) is 0 Å². The monoisotopic (exact) mass is 263 g/mol. The van der Waals surface area contributed by atoms with Crippen LogP contribution in [0.5, 0.6) is 0 Å². The predicted octanol–water partition coefficient (Wildman–Crippen LogP) is 1.42. The second-order valence-corrected chi connectivity index (χ2v) is 4.58. The first-order valence-corrected chi connectivity index (χ1v) is 6.76. The van der Waals surface area contributed by atoms with E-state index in [1.165, 1.54) is 0 Å². The fourth-order valence-electron chi connectivity index (χ4n) is 2.43. The van der Waals surface area contributed by atoms with E-state index in [1.54, 1.807) is 6.20 Å². The minimum atomic E-state index is 0.104. The Labute approximate surface area is 113 Å². The molecular weight excluding hydrogens is 242 g/mol. The second kappa shape index (κ2) is 5.97. The summed E-state index contributed by atoms with van der Waals surface area (Å²) in [7, 11) is 0. The van der Waals surface area contributed by atoms with E-state index >= 15 is 0 Å². The molecule has 6 nitrogen and oxygen atoms in total. The van der Waals surface area contributed by atoms with Gasteiger partial charge in [0.15, 0.2) is 5.82 Å². The third-order valence-electron chi connectivity index (χ3n) is 3.48. The molecule has 0 aliphatic rings. The minimum absolute atomic E-state index is 0.104. The van der Waals surface area contributed by atoms with Crippen LogP contribution in [0.25, 0.3) is 5.65 Å². The molecule has 2 heterocycles. The SMILES string of the molecule is CCC(CC)N(CCO)c1nccn2c(C)nnc12. The molecular formula is C13H21N5O. The summed E-state index contributed by atoms with van der Waals surface area (Å²) in [6.07, 6.45) is 5.63. The zero-order valence-electron chi connectivity index (χ0n) is 11.7. The van der Waals surface area contributed by atoms with Crippen LogP contribution >= 0.6 is 0 Å². The Bertz CT molecular complexity index is 535. The molecule has 0 unspecified atom stereocenters. The van der Waals surface area contributed by atoms with Crippen molar-refractivity contribution in [3.63, 3.8) is 0 Å². The van der Waals surface area contributed by atoms with E-state index in [2.05, 4.69) is 33.9 Å². The van der Waals surface area contributed by atoms with E-state index in [0.29, 0.717) is 12.6 Å². The molecule has 0 atom stereocenters. The van der Waals surface area contributed by atoms with Gasteiger partial charge in [0, 0.05) is 25.0 Å². The fourth-order valence-corrected chi connectivity index (χ4v) is 2.43. The standard InChI is InChI=1S/C13H21N5O/c1-4-11(5-2)18(8-9-19)12-13-16-15-10(3)17(13)7-6-14-12/h6-7,11,19H,4-5,8-9H2,1-3H3. The van der Waals surface area contributed by atoms with Crippen molar-refractivity contribution >= 4 is 11.5 Å². The average Bonchev–Trinajstić information content (AvgIpc) is 2.81. The van der Waals surface area contributed by atoms with Crippen molar-refractivity contribution in [2.45, 2.75) is 39.7 Å². The van der Waals surface area contributed by atoms with Gasteiger partial charge in [-0.1, -0.05) is 13.8 Å². The average molecular weight is 263 g/mol. The third-order valence-corrected chi connectivity index (χ3v) is 3.48. The first-order valence-electron chi connectivity index (χ1n) is 6.76. The Kier molecular flexibility index (Phi) is 4.31. The zero-order valence-corrected chi connectivity index (χ0v) is 11.7. The van der Waals surface area contributed by atoms with Gasteiger partial charge in [-0.2, -0.15) is 0 Å². The summed E-state index contributed by atoms with van der Waals surface area (Å²) in [5, 5.41) is 17.6. The quantitative estimate of drug-likeness (QED) is 0.853. The summed E-state index contributed by atoms with van der Waals surface area (Å²) >= 11 is 0. The highest BCUT2D eigenvalue weighted by Crippen LogP contribution is 2.22. The summed E-state index contributed by atoms with van der Waals surface area (Å²) in [4.78, 5) is 6.58. The molecule has 0 saturated heterocycles. The van der Waals surface area contributed by atoms with Gasteiger partial charge in [0.25, 0.3) is 0 Å². The molecule has 0 amide bonds. The Morgan fingerprint density at radius 1 is 1.32 bits per heavy atom. The molecule has 6 heteroatoms. The van der Waals surface area contributed by atoms with Crippen molar-refractivity contribution < 1.29 is 5.11 Å². The number of aliphatic hydroxyl groups is 1. The van der Waals surface area contributed by atoms with Crippen molar-refractivity contribution in [2.24, 2.45) is 0 Å². The van der Waals surface area contributed by atoms with E-state index in [1.807, 2.05) is 17.5 Å². The molecule has 19 heavy (non-hydrogen) atoms. The lowest BCUT2D eigenvalue weighted by Gasteiger charge is -2.30. The largest absolute Gasteiger partial charge is 0.395 e. The van der Waals surface area contributed by atoms with Crippen molar-refractivity contribution in [1.82, 2.24) is 19.6 Å². The lowest BCUT2D eigenvalue weighted by atomic mass is 10.1. The number of rotatable bonds is 6. The van der Waals surface area contributed by atoms with Gasteiger partial charge >= 0.3 is 0 Å². The molecule has 0 spiro atoms. The molecule has 2 aromatic heterocycles. The molecule has 0 aliphatic heterocycles. The molecule has 0 radical (unpaired) electrons. The number of fused-ring (bicyclic) bond motifs is 1. The summed E-state index contributed by atoms with van der Waals surface area (Å²) in [5.41, 5.74) is 0.750. The van der Waals surface area contributed by atoms with Crippen molar-refractivity contribution in [2.75, 3.05) is 18.1 Å². The Hall–Kier alpha value is -1.69. The van der Waals surface area contributed by atoms with Crippen molar-refractivity contribution in [3.8, 4) is 0 Å². The summed E-state index contributed by atoms with van der Waals surface area (Å²) in [6, 6.07) is 0.350. The number of hydrogen-bond acceptors (Lipinski definition) is 5. The maximum atomic E-state index is 9.30. The highest BCUT2D eigenvalue weighted by Gasteiger charge is 2.20. The van der Waals surface area contributed by atoms with Gasteiger partial charge in [-0.15, -0.1) is 10.2 Å². The second-order valence-electron chi connectivity index (χ2n) is 4.58. The molecule has 0 saturated carbocycles. The molecule has 2 rings (SSSR count). The summed E-state index contributed by atoms with van der Waals surface area (Å²) < 4.78 is 1.93. The van der Waals surface area contributed by atoms with Crippen LogP contribution in [0.4, 0.5) is 5.82 Å². The van der Waals surface area contributed by atoms with Gasteiger partial charge in [0.2, 0.25) is 5.65 Å². The number of anilines is 1. The smallest absolute Gasteiger partial charge is 0.203 e. The van der Waals surface area contributed by atoms with Crippen LogP contribution in [0.15, 0.2) is 12.4 Å². The van der Waals surface area contributed by atoms with E-state index in [0.717, 1.165) is 30.1 Å². The molecule has 2 aromatic rings. The first kappa shape index (κ1) is 13.7. The number of aliphatic hydroxyl groups excluding tert-OH is 1. The Morgan fingerprint density at radius 2 is 2.05 bits per heavy atom. The maximum Gasteiger partial charge on any atom is 0.203 e. The van der Waals surface area contributed by atoms with Gasteiger partial charge in [0.05, 0.1) is 6.61 Å². The van der Waals surface area contributed by atoms with E-state index in [9.17, 15) is 5.11 Å². The van der Waals surface area contributed by atoms with Gasteiger partial charge < -0.3 is 10.0 Å². The van der Waals surface area contributed by atoms with Gasteiger partial charge in [0.1, 0.15) is 5.82 Å². The summed E-state index contributed by atoms with van der Waals surface area (Å²) in [5.74, 6) is 1.64. The van der Waals surface area contributed by atoms with Crippen LogP contribution in [0.1, 0.15) is 32.5 Å². The van der Waals surface area contributed by atoms with E-state index < -0.39 is 0 Å². The van der Waals surface area contributed by atoms with Gasteiger partial charge in [-0.3, -0.25) is 4.40 Å². The maximum absolute atomic E-state index is 9.30. The number of aryl methyl sites for hydroxylation is 1. The lowest BCUT2D eigenvalue weighted by Crippen LogP contribution is -2.37. The Balaban J connectivity index is 2.49. The summed E-state index contributed by atoms with van der Waals surface area (Å²) in [6.45, 7) is 6.87. The zero-order chi connectivity index (χ0) is 13.8. The normalized spacial score (nSPS) is 11.4. The number of nitrogens with zero attached hydrogens (tertiary/aromatic N) is 5. The minimum Gasteiger partial charge on any atom is -0.395 e. The third kappa shape index (κ3) is 2.53. The molecule has 104 valence electrons. The van der Waals surface area contributed by atoms with Gasteiger partial charge in [-0.25, -0.2) is 4.98 Å². The van der Waals surface area contributed by atoms with Crippen LogP contribution in [-0.2, 0) is 0 Å². The molecule has 0 aromatic carbocycles. The predicted molar refractivity (Wildman–Crippen MR) is 74.3 cm³/mol. The Morgan fingerprint density at radius 3 is 2.68 bits per heavy atom. The van der Waals surface area contributed by atoms with E-state index in [4.69, 9.17) is 0 Å². The van der Waals surface area contributed by atoms with Crippen molar-refractivity contribution in [3.05, 3.63) is 18.2 Å². The molecule has 0 bridgehead atoms. The van der Waals surface area contributed by atoms with Crippen LogP contribution in [0, 0.1) is 6.92 Å². The molecule has 0 fully saturated rings. The fraction of sp³-hybridized carbons (Fsp3) is 0.615. The molecule has 1 N–H and O–H groups in total. The topological polar surface area (TPSA) is 66.5 Å². The number of aromatic nitrogens is 4. The van der Waals surface area contributed by atoms with Gasteiger partial charge in [-0.05, 0) is 19.8 Å². The van der Waals surface area contributed by atoms with Crippen LogP contribution < -0.4 is 4.90 Å². The lowest BCUT2D eigenvalue weighted by molar-refractivity contribution is 0.295. The first-order chi connectivity index (χ1) is 9.22. The number of hydrogen-bond donors (Lipinski definition) is 1. The van der Waals surface area contributed by atoms with Crippen LogP contribution in [0.3, 0.4) is 0 Å². The molecule has 0 aliphatic carbocycles. The highest BCUT2D eigenvalue weighted by atomic mass is 16.3. The van der Waals surface area contributed by atoms with E-state index in [-0.39, 0.29) is 6.61 Å². The van der Waals surface area contributed by atoms with Crippen LogP contribution in [-0.4, -0.2) is 43.9 Å². The highest BCUT2D eigenvalue weighted by molar-refractivity contribution is 5.64. The van der Waals surface area contributed by atoms with Crippen molar-refractivity contribution in [1.29, 1.82) is 0 Å².